The number of hydrogen-bond donors (Lipinski definition) is 0. The minimum atomic E-state index is -0.106. The van der Waals surface area contributed by atoms with E-state index in [1.54, 1.807) is 0 Å². The second kappa shape index (κ2) is 6.58. The Morgan fingerprint density at radius 3 is 2.58 bits per heavy atom. The van der Waals surface area contributed by atoms with E-state index in [1.807, 2.05) is 24.3 Å². The molecule has 2 saturated carbocycles. The standard InChI is InChI=1S/C20H24O4/c21-19-8-7-18(24-19)11-13-2-5-17(6-3-13)23-20(22)12-16-10-14-1-4-15(16)9-14/h2-3,5-6,14-16,18H,1,4,7-12H2/t14-,15-,16-,18-/m0/s1. The first-order valence-corrected chi connectivity index (χ1v) is 9.15. The van der Waals surface area contributed by atoms with Crippen molar-refractivity contribution in [1.82, 2.24) is 0 Å². The van der Waals surface area contributed by atoms with Crippen LogP contribution in [0.4, 0.5) is 0 Å². The number of carbonyl (C=O) groups is 2. The molecule has 1 aromatic carbocycles. The van der Waals surface area contributed by atoms with E-state index in [9.17, 15) is 9.59 Å². The zero-order valence-electron chi connectivity index (χ0n) is 13.9. The summed E-state index contributed by atoms with van der Waals surface area (Å²) >= 11 is 0. The molecule has 4 heteroatoms. The number of ether oxygens (including phenoxy) is 2. The molecular weight excluding hydrogens is 304 g/mol. The van der Waals surface area contributed by atoms with Crippen LogP contribution in [0.1, 0.15) is 50.5 Å². The minimum absolute atomic E-state index is 0.0105. The molecule has 4 rings (SSSR count). The van der Waals surface area contributed by atoms with E-state index < -0.39 is 0 Å². The maximum absolute atomic E-state index is 12.2. The SMILES string of the molecule is O=C(C[C@@H]1C[C@H]2CC[C@H]1C2)Oc1ccc(C[C@@H]2CCC(=O)O2)cc1. The fraction of sp³-hybridized carbons (Fsp3) is 0.600. The van der Waals surface area contributed by atoms with Crippen LogP contribution in [0.2, 0.25) is 0 Å². The molecule has 0 amide bonds. The molecule has 3 aliphatic rings. The zero-order valence-corrected chi connectivity index (χ0v) is 13.9. The number of esters is 2. The van der Waals surface area contributed by atoms with E-state index in [1.165, 1.54) is 25.7 Å². The van der Waals surface area contributed by atoms with Crippen LogP contribution in [0.3, 0.4) is 0 Å². The van der Waals surface area contributed by atoms with Crippen molar-refractivity contribution in [3.63, 3.8) is 0 Å². The Morgan fingerprint density at radius 2 is 1.96 bits per heavy atom. The van der Waals surface area contributed by atoms with Gasteiger partial charge in [0.1, 0.15) is 11.9 Å². The molecule has 0 radical (unpaired) electrons. The lowest BCUT2D eigenvalue weighted by atomic mass is 9.86. The minimum Gasteiger partial charge on any atom is -0.462 e. The Bertz CT molecular complexity index is 621. The van der Waals surface area contributed by atoms with Gasteiger partial charge < -0.3 is 9.47 Å². The zero-order chi connectivity index (χ0) is 16.5. The van der Waals surface area contributed by atoms with Crippen molar-refractivity contribution in [2.24, 2.45) is 17.8 Å². The largest absolute Gasteiger partial charge is 0.462 e. The van der Waals surface area contributed by atoms with Crippen LogP contribution in [0.5, 0.6) is 5.75 Å². The number of rotatable bonds is 5. The monoisotopic (exact) mass is 328 g/mol. The van der Waals surface area contributed by atoms with E-state index >= 15 is 0 Å². The molecule has 2 bridgehead atoms. The van der Waals surface area contributed by atoms with E-state index in [-0.39, 0.29) is 18.0 Å². The Morgan fingerprint density at radius 1 is 1.12 bits per heavy atom. The van der Waals surface area contributed by atoms with Gasteiger partial charge in [-0.1, -0.05) is 18.6 Å². The molecule has 24 heavy (non-hydrogen) atoms. The molecule has 0 aromatic heterocycles. The second-order valence-electron chi connectivity index (χ2n) is 7.61. The lowest BCUT2D eigenvalue weighted by molar-refractivity contribution is -0.141. The fourth-order valence-electron chi connectivity index (χ4n) is 4.70. The normalized spacial score (nSPS) is 31.2. The summed E-state index contributed by atoms with van der Waals surface area (Å²) in [6, 6.07) is 7.58. The summed E-state index contributed by atoms with van der Waals surface area (Å²) in [6.45, 7) is 0. The number of fused-ring (bicyclic) bond motifs is 2. The molecular formula is C20H24O4. The predicted molar refractivity (Wildman–Crippen MR) is 88.5 cm³/mol. The molecule has 0 spiro atoms. The van der Waals surface area contributed by atoms with Gasteiger partial charge in [0, 0.05) is 19.3 Å². The molecule has 4 nitrogen and oxygen atoms in total. The molecule has 1 aliphatic heterocycles. The molecule has 3 fully saturated rings. The van der Waals surface area contributed by atoms with Crippen molar-refractivity contribution in [3.05, 3.63) is 29.8 Å². The van der Waals surface area contributed by atoms with Gasteiger partial charge in [-0.15, -0.1) is 0 Å². The molecule has 2 aliphatic carbocycles. The molecule has 0 unspecified atom stereocenters. The predicted octanol–water partition coefficient (Wildman–Crippen LogP) is 3.67. The van der Waals surface area contributed by atoms with E-state index in [0.29, 0.717) is 24.5 Å². The Labute approximate surface area is 142 Å². The third-order valence-electron chi connectivity index (χ3n) is 5.90. The maximum atomic E-state index is 12.2. The highest BCUT2D eigenvalue weighted by Gasteiger charge is 2.40. The second-order valence-corrected chi connectivity index (χ2v) is 7.61. The van der Waals surface area contributed by atoms with Crippen LogP contribution < -0.4 is 4.74 Å². The number of cyclic esters (lactones) is 1. The van der Waals surface area contributed by atoms with Gasteiger partial charge in [-0.3, -0.25) is 9.59 Å². The quantitative estimate of drug-likeness (QED) is 0.611. The summed E-state index contributed by atoms with van der Waals surface area (Å²) in [5, 5.41) is 0. The van der Waals surface area contributed by atoms with Gasteiger partial charge in [0.15, 0.2) is 0 Å². The first kappa shape index (κ1) is 15.7. The Kier molecular flexibility index (Phi) is 4.30. The molecule has 0 N–H and O–H groups in total. The molecule has 4 atom stereocenters. The van der Waals surface area contributed by atoms with Crippen LogP contribution in [0.25, 0.3) is 0 Å². The maximum Gasteiger partial charge on any atom is 0.311 e. The van der Waals surface area contributed by atoms with Gasteiger partial charge in [-0.05, 0) is 61.1 Å². The highest BCUT2D eigenvalue weighted by Crippen LogP contribution is 2.49. The van der Waals surface area contributed by atoms with Gasteiger partial charge in [-0.25, -0.2) is 0 Å². The van der Waals surface area contributed by atoms with Crippen molar-refractivity contribution in [1.29, 1.82) is 0 Å². The third kappa shape index (κ3) is 3.47. The number of carbonyl (C=O) groups excluding carboxylic acids is 2. The van der Waals surface area contributed by atoms with E-state index in [2.05, 4.69) is 0 Å². The topological polar surface area (TPSA) is 52.6 Å². The smallest absolute Gasteiger partial charge is 0.311 e. The molecule has 128 valence electrons. The summed E-state index contributed by atoms with van der Waals surface area (Å²) in [5.41, 5.74) is 1.10. The average Bonchev–Trinajstić information content (AvgIpc) is 3.26. The van der Waals surface area contributed by atoms with Gasteiger partial charge in [0.2, 0.25) is 0 Å². The van der Waals surface area contributed by atoms with Crippen LogP contribution in [0, 0.1) is 17.8 Å². The van der Waals surface area contributed by atoms with Crippen molar-refractivity contribution >= 4 is 11.9 Å². The highest BCUT2D eigenvalue weighted by molar-refractivity contribution is 5.73. The van der Waals surface area contributed by atoms with Crippen molar-refractivity contribution in [3.8, 4) is 5.75 Å². The Hall–Kier alpha value is -1.84. The van der Waals surface area contributed by atoms with Gasteiger partial charge in [-0.2, -0.15) is 0 Å². The van der Waals surface area contributed by atoms with Crippen LogP contribution in [-0.2, 0) is 20.7 Å². The van der Waals surface area contributed by atoms with Crippen molar-refractivity contribution in [2.45, 2.75) is 57.5 Å². The molecule has 1 heterocycles. The average molecular weight is 328 g/mol. The Balaban J connectivity index is 1.27. The first-order chi connectivity index (χ1) is 11.7. The van der Waals surface area contributed by atoms with Gasteiger partial charge in [0.05, 0.1) is 0 Å². The van der Waals surface area contributed by atoms with E-state index in [0.717, 1.165) is 30.2 Å². The summed E-state index contributed by atoms with van der Waals surface area (Å²) in [6.07, 6.45) is 7.76. The number of hydrogen-bond acceptors (Lipinski definition) is 4. The third-order valence-corrected chi connectivity index (χ3v) is 5.90. The van der Waals surface area contributed by atoms with Crippen molar-refractivity contribution < 1.29 is 19.1 Å². The van der Waals surface area contributed by atoms with Crippen LogP contribution in [0.15, 0.2) is 24.3 Å². The van der Waals surface area contributed by atoms with Gasteiger partial charge >= 0.3 is 11.9 Å². The summed E-state index contributed by atoms with van der Waals surface area (Å²) < 4.78 is 10.7. The fourth-order valence-corrected chi connectivity index (χ4v) is 4.70. The lowest BCUT2D eigenvalue weighted by Gasteiger charge is -2.20. The van der Waals surface area contributed by atoms with Gasteiger partial charge in [0.25, 0.3) is 0 Å². The van der Waals surface area contributed by atoms with Crippen LogP contribution in [-0.4, -0.2) is 18.0 Å². The molecule has 1 aromatic rings. The van der Waals surface area contributed by atoms with Crippen molar-refractivity contribution in [2.75, 3.05) is 0 Å². The highest BCUT2D eigenvalue weighted by atomic mass is 16.5. The number of benzene rings is 1. The summed E-state index contributed by atoms with van der Waals surface area (Å²) in [5.74, 6) is 2.54. The lowest BCUT2D eigenvalue weighted by Crippen LogP contribution is -2.18. The summed E-state index contributed by atoms with van der Waals surface area (Å²) in [7, 11) is 0. The molecule has 1 saturated heterocycles. The van der Waals surface area contributed by atoms with E-state index in [4.69, 9.17) is 9.47 Å². The summed E-state index contributed by atoms with van der Waals surface area (Å²) in [4.78, 5) is 23.3. The first-order valence-electron chi connectivity index (χ1n) is 9.15. The van der Waals surface area contributed by atoms with Crippen LogP contribution >= 0.6 is 0 Å².